The molecule has 2 heterocycles. The minimum absolute atomic E-state index is 0.256. The molecular weight excluding hydrogens is 316 g/mol. The number of rotatable bonds is 9. The van der Waals surface area contributed by atoms with Gasteiger partial charge in [0.2, 0.25) is 5.91 Å². The zero-order valence-electron chi connectivity index (χ0n) is 14.7. The van der Waals surface area contributed by atoms with Crippen LogP contribution in [0.1, 0.15) is 24.8 Å². The van der Waals surface area contributed by atoms with E-state index in [2.05, 4.69) is 22.5 Å². The smallest absolute Gasteiger partial charge is 0.223 e. The van der Waals surface area contributed by atoms with E-state index in [-0.39, 0.29) is 5.91 Å². The van der Waals surface area contributed by atoms with E-state index in [1.54, 1.807) is 13.3 Å². The summed E-state index contributed by atoms with van der Waals surface area (Å²) in [6.07, 6.45) is 6.28. The highest BCUT2D eigenvalue weighted by molar-refractivity contribution is 5.78. The summed E-state index contributed by atoms with van der Waals surface area (Å²) in [5, 5.41) is 7.64. The van der Waals surface area contributed by atoms with Crippen LogP contribution in [0.4, 0.5) is 0 Å². The second kappa shape index (κ2) is 8.78. The molecule has 1 aliphatic rings. The quantitative estimate of drug-likeness (QED) is 0.708. The minimum atomic E-state index is 0.256. The van der Waals surface area contributed by atoms with E-state index >= 15 is 0 Å². The van der Waals surface area contributed by atoms with Crippen molar-refractivity contribution in [3.63, 3.8) is 0 Å². The molecule has 25 heavy (non-hydrogen) atoms. The third-order valence-corrected chi connectivity index (χ3v) is 4.62. The van der Waals surface area contributed by atoms with Gasteiger partial charge in [-0.1, -0.05) is 12.1 Å². The Morgan fingerprint density at radius 2 is 2.24 bits per heavy atom. The molecule has 134 valence electrons. The number of hydrogen-bond acceptors (Lipinski definition) is 4. The molecule has 0 aliphatic carbocycles. The maximum absolute atomic E-state index is 12.3. The topological polar surface area (TPSA) is 59.4 Å². The fourth-order valence-corrected chi connectivity index (χ4v) is 3.29. The summed E-state index contributed by atoms with van der Waals surface area (Å²) in [4.78, 5) is 14.3. The summed E-state index contributed by atoms with van der Waals surface area (Å²) < 4.78 is 6.88. The first-order valence-electron chi connectivity index (χ1n) is 8.86. The molecule has 6 heteroatoms. The Morgan fingerprint density at radius 1 is 1.32 bits per heavy atom. The lowest BCUT2D eigenvalue weighted by atomic mass is 10.1. The molecule has 1 amide bonds. The average molecular weight is 342 g/mol. The van der Waals surface area contributed by atoms with Gasteiger partial charge in [0.05, 0.1) is 12.3 Å². The summed E-state index contributed by atoms with van der Waals surface area (Å²) in [5.41, 5.74) is 2.16. The second-order valence-corrected chi connectivity index (χ2v) is 6.37. The summed E-state index contributed by atoms with van der Waals surface area (Å²) in [7, 11) is 1.70. The highest BCUT2D eigenvalue weighted by Crippen LogP contribution is 2.24. The Hall–Kier alpha value is -2.18. The molecule has 0 saturated carbocycles. The maximum Gasteiger partial charge on any atom is 0.223 e. The number of nitrogens with one attached hydrogen (secondary N) is 1. The number of hydrogen-bond donors (Lipinski definition) is 1. The molecule has 0 radical (unpaired) electrons. The van der Waals surface area contributed by atoms with Crippen LogP contribution >= 0.6 is 0 Å². The number of carbonyl (C=O) groups is 1. The normalized spacial score (nSPS) is 17.4. The van der Waals surface area contributed by atoms with Gasteiger partial charge in [-0.2, -0.15) is 5.10 Å². The Balaban J connectivity index is 1.60. The third kappa shape index (κ3) is 4.67. The maximum atomic E-state index is 12.3. The van der Waals surface area contributed by atoms with E-state index < -0.39 is 0 Å². The molecule has 1 aromatic heterocycles. The van der Waals surface area contributed by atoms with Crippen LogP contribution in [0.5, 0.6) is 0 Å². The van der Waals surface area contributed by atoms with Gasteiger partial charge in [-0.3, -0.25) is 4.79 Å². The molecule has 0 unspecified atom stereocenters. The van der Waals surface area contributed by atoms with Crippen LogP contribution in [0, 0.1) is 0 Å². The Morgan fingerprint density at radius 3 is 3.04 bits per heavy atom. The van der Waals surface area contributed by atoms with Gasteiger partial charge < -0.3 is 15.0 Å². The monoisotopic (exact) mass is 342 g/mol. The molecule has 1 aromatic carbocycles. The van der Waals surface area contributed by atoms with Crippen molar-refractivity contribution < 1.29 is 9.53 Å². The van der Waals surface area contributed by atoms with E-state index in [1.807, 2.05) is 34.0 Å². The van der Waals surface area contributed by atoms with Crippen molar-refractivity contribution in [3.05, 3.63) is 48.3 Å². The fraction of sp³-hybridized carbons (Fsp3) is 0.474. The van der Waals surface area contributed by atoms with Crippen molar-refractivity contribution in [2.75, 3.05) is 26.8 Å². The van der Waals surface area contributed by atoms with E-state index in [1.165, 1.54) is 0 Å². The predicted molar refractivity (Wildman–Crippen MR) is 96.5 cm³/mol. The molecule has 3 rings (SSSR count). The third-order valence-electron chi connectivity index (χ3n) is 4.62. The summed E-state index contributed by atoms with van der Waals surface area (Å²) >= 11 is 0. The number of ether oxygens (including phenoxy) is 1. The number of methoxy groups -OCH3 is 1. The van der Waals surface area contributed by atoms with Crippen LogP contribution in [-0.2, 0) is 16.1 Å². The number of carbonyl (C=O) groups excluding carboxylic acids is 1. The lowest BCUT2D eigenvalue weighted by molar-refractivity contribution is -0.129. The molecule has 1 fully saturated rings. The summed E-state index contributed by atoms with van der Waals surface area (Å²) in [5.74, 6) is 0.256. The number of aromatic nitrogens is 2. The van der Waals surface area contributed by atoms with Gasteiger partial charge >= 0.3 is 0 Å². The molecule has 1 aliphatic heterocycles. The number of likely N-dealkylation sites (tertiary alicyclic amines) is 1. The van der Waals surface area contributed by atoms with Gasteiger partial charge in [0.25, 0.3) is 0 Å². The molecule has 6 nitrogen and oxygen atoms in total. The number of amides is 1. The Bertz CT molecular complexity index is 672. The van der Waals surface area contributed by atoms with Crippen LogP contribution in [0.15, 0.2) is 42.7 Å². The molecule has 1 N–H and O–H groups in total. The van der Waals surface area contributed by atoms with Crippen molar-refractivity contribution in [1.82, 2.24) is 20.0 Å². The number of benzene rings is 1. The van der Waals surface area contributed by atoms with E-state index in [9.17, 15) is 4.79 Å². The molecule has 1 atom stereocenters. The van der Waals surface area contributed by atoms with Gasteiger partial charge in [0.15, 0.2) is 0 Å². The summed E-state index contributed by atoms with van der Waals surface area (Å²) in [6, 6.07) is 10.5. The van der Waals surface area contributed by atoms with Crippen LogP contribution in [-0.4, -0.2) is 53.4 Å². The van der Waals surface area contributed by atoms with Gasteiger partial charge in [0, 0.05) is 45.1 Å². The van der Waals surface area contributed by atoms with Crippen LogP contribution in [0.2, 0.25) is 0 Å². The first kappa shape index (κ1) is 17.6. The van der Waals surface area contributed by atoms with E-state index in [4.69, 9.17) is 4.74 Å². The van der Waals surface area contributed by atoms with E-state index in [0.29, 0.717) is 25.6 Å². The van der Waals surface area contributed by atoms with Crippen molar-refractivity contribution >= 4 is 5.91 Å². The van der Waals surface area contributed by atoms with Crippen LogP contribution in [0.3, 0.4) is 0 Å². The molecular formula is C19H26N4O2. The van der Waals surface area contributed by atoms with Gasteiger partial charge in [-0.15, -0.1) is 0 Å². The fourth-order valence-electron chi connectivity index (χ4n) is 3.29. The molecule has 2 aromatic rings. The summed E-state index contributed by atoms with van der Waals surface area (Å²) in [6.45, 7) is 3.14. The average Bonchev–Trinajstić information content (AvgIpc) is 3.27. The van der Waals surface area contributed by atoms with Crippen LogP contribution in [0.25, 0.3) is 5.69 Å². The second-order valence-electron chi connectivity index (χ2n) is 6.37. The lowest BCUT2D eigenvalue weighted by Gasteiger charge is -2.25. The van der Waals surface area contributed by atoms with Gasteiger partial charge in [-0.05, 0) is 43.1 Å². The number of nitrogens with zero attached hydrogens (tertiary/aromatic N) is 3. The zero-order chi connectivity index (χ0) is 17.5. The standard InChI is InChI=1S/C19H26N4O2/c1-25-13-11-20-10-8-17-6-7-19(24)22(17)15-16-4-2-5-18(14-16)23-12-3-9-21-23/h2-5,9,12,14,17,20H,6-8,10-11,13,15H2,1H3/t17-/m0/s1. The molecule has 1 saturated heterocycles. The van der Waals surface area contributed by atoms with Gasteiger partial charge in [-0.25, -0.2) is 4.68 Å². The van der Waals surface area contributed by atoms with Crippen molar-refractivity contribution in [3.8, 4) is 5.69 Å². The predicted octanol–water partition coefficient (Wildman–Crippen LogP) is 1.99. The lowest BCUT2D eigenvalue weighted by Crippen LogP contribution is -2.35. The highest BCUT2D eigenvalue weighted by Gasteiger charge is 2.30. The van der Waals surface area contributed by atoms with Crippen molar-refractivity contribution in [1.29, 1.82) is 0 Å². The van der Waals surface area contributed by atoms with Crippen molar-refractivity contribution in [2.24, 2.45) is 0 Å². The SMILES string of the molecule is COCCNCC[C@@H]1CCC(=O)N1Cc1cccc(-n2cccn2)c1. The van der Waals surface area contributed by atoms with Gasteiger partial charge in [0.1, 0.15) is 0 Å². The largest absolute Gasteiger partial charge is 0.383 e. The highest BCUT2D eigenvalue weighted by atomic mass is 16.5. The Kier molecular flexibility index (Phi) is 6.19. The first-order valence-corrected chi connectivity index (χ1v) is 8.86. The Labute approximate surface area is 148 Å². The first-order chi connectivity index (χ1) is 12.3. The zero-order valence-corrected chi connectivity index (χ0v) is 14.7. The van der Waals surface area contributed by atoms with Crippen LogP contribution < -0.4 is 5.32 Å². The minimum Gasteiger partial charge on any atom is -0.383 e. The molecule has 0 spiro atoms. The van der Waals surface area contributed by atoms with Crippen molar-refractivity contribution in [2.45, 2.75) is 31.8 Å². The molecule has 0 bridgehead atoms. The van der Waals surface area contributed by atoms with E-state index in [0.717, 1.165) is 37.2 Å².